The first-order valence-corrected chi connectivity index (χ1v) is 6.16. The van der Waals surface area contributed by atoms with Gasteiger partial charge in [0, 0.05) is 44.4 Å². The highest BCUT2D eigenvalue weighted by Gasteiger charge is 2.23. The molecule has 94 valence electrons. The number of phenolic OH excluding ortho intramolecular Hbond substituents is 1. The summed E-state index contributed by atoms with van der Waals surface area (Å²) in [6.07, 6.45) is 0.664. The molecule has 1 fully saturated rings. The summed E-state index contributed by atoms with van der Waals surface area (Å²) in [5.41, 5.74) is 0.920. The molecule has 0 aliphatic carbocycles. The Labute approximate surface area is 102 Å². The number of piperazine rings is 1. The summed E-state index contributed by atoms with van der Waals surface area (Å²) in [5.74, 6) is 0.324. The molecule has 0 saturated carbocycles. The summed E-state index contributed by atoms with van der Waals surface area (Å²) in [4.78, 5) is 2.32. The van der Waals surface area contributed by atoms with E-state index in [1.165, 1.54) is 0 Å². The van der Waals surface area contributed by atoms with Crippen molar-refractivity contribution >= 4 is 0 Å². The first kappa shape index (κ1) is 12.4. The van der Waals surface area contributed by atoms with Crippen LogP contribution in [-0.4, -0.2) is 47.9 Å². The van der Waals surface area contributed by atoms with Crippen molar-refractivity contribution in [2.45, 2.75) is 12.5 Å². The van der Waals surface area contributed by atoms with Gasteiger partial charge >= 0.3 is 0 Å². The van der Waals surface area contributed by atoms with Crippen LogP contribution < -0.4 is 5.32 Å². The van der Waals surface area contributed by atoms with Gasteiger partial charge in [0.1, 0.15) is 5.75 Å². The second-order valence-electron chi connectivity index (χ2n) is 4.37. The van der Waals surface area contributed by atoms with Gasteiger partial charge in [0.15, 0.2) is 0 Å². The lowest BCUT2D eigenvalue weighted by atomic mass is 10.0. The summed E-state index contributed by atoms with van der Waals surface area (Å²) < 4.78 is 0. The zero-order valence-corrected chi connectivity index (χ0v) is 9.97. The topological polar surface area (TPSA) is 55.7 Å². The highest BCUT2D eigenvalue weighted by atomic mass is 16.3. The number of nitrogens with zero attached hydrogens (tertiary/aromatic N) is 1. The lowest BCUT2D eigenvalue weighted by Crippen LogP contribution is -2.45. The van der Waals surface area contributed by atoms with Crippen molar-refractivity contribution in [3.05, 3.63) is 29.8 Å². The fourth-order valence-corrected chi connectivity index (χ4v) is 2.42. The fraction of sp³-hybridized carbons (Fsp3) is 0.538. The molecular weight excluding hydrogens is 216 g/mol. The van der Waals surface area contributed by atoms with E-state index in [0.717, 1.165) is 31.7 Å². The number of phenols is 1. The first-order chi connectivity index (χ1) is 8.33. The van der Waals surface area contributed by atoms with E-state index in [1.807, 2.05) is 18.2 Å². The Morgan fingerprint density at radius 3 is 2.59 bits per heavy atom. The third-order valence-corrected chi connectivity index (χ3v) is 3.29. The Balaban J connectivity index is 2.18. The average molecular weight is 236 g/mol. The van der Waals surface area contributed by atoms with Crippen molar-refractivity contribution < 1.29 is 10.2 Å². The van der Waals surface area contributed by atoms with Crippen LogP contribution in [0, 0.1) is 0 Å². The Morgan fingerprint density at radius 2 is 1.94 bits per heavy atom. The van der Waals surface area contributed by atoms with E-state index in [-0.39, 0.29) is 12.6 Å². The number of aliphatic hydroxyl groups excluding tert-OH is 1. The molecule has 0 radical (unpaired) electrons. The number of aromatic hydroxyl groups is 1. The quantitative estimate of drug-likeness (QED) is 0.721. The van der Waals surface area contributed by atoms with E-state index in [0.29, 0.717) is 12.2 Å². The molecule has 4 heteroatoms. The van der Waals surface area contributed by atoms with Crippen LogP contribution in [0.25, 0.3) is 0 Å². The van der Waals surface area contributed by atoms with Crippen molar-refractivity contribution in [1.29, 1.82) is 0 Å². The average Bonchev–Trinajstić information content (AvgIpc) is 2.38. The van der Waals surface area contributed by atoms with Crippen molar-refractivity contribution in [3.63, 3.8) is 0 Å². The number of benzene rings is 1. The monoisotopic (exact) mass is 236 g/mol. The van der Waals surface area contributed by atoms with Gasteiger partial charge in [-0.2, -0.15) is 0 Å². The Kier molecular flexibility index (Phi) is 4.36. The van der Waals surface area contributed by atoms with E-state index in [1.54, 1.807) is 6.07 Å². The number of para-hydroxylation sites is 1. The van der Waals surface area contributed by atoms with Crippen LogP contribution in [0.1, 0.15) is 18.0 Å². The molecule has 0 aromatic heterocycles. The maximum absolute atomic E-state index is 9.91. The molecule has 1 aromatic rings. The van der Waals surface area contributed by atoms with Gasteiger partial charge in [0.25, 0.3) is 0 Å². The number of rotatable bonds is 4. The van der Waals surface area contributed by atoms with Crippen molar-refractivity contribution in [2.24, 2.45) is 0 Å². The maximum Gasteiger partial charge on any atom is 0.120 e. The van der Waals surface area contributed by atoms with Crippen LogP contribution >= 0.6 is 0 Å². The number of nitrogens with one attached hydrogen (secondary N) is 1. The summed E-state index contributed by atoms with van der Waals surface area (Å²) in [7, 11) is 0. The second-order valence-corrected chi connectivity index (χ2v) is 4.37. The molecule has 2 rings (SSSR count). The summed E-state index contributed by atoms with van der Waals surface area (Å²) in [5, 5.41) is 22.4. The van der Waals surface area contributed by atoms with E-state index in [2.05, 4.69) is 10.2 Å². The molecule has 1 aliphatic rings. The van der Waals surface area contributed by atoms with Gasteiger partial charge in [-0.05, 0) is 12.5 Å². The van der Waals surface area contributed by atoms with Gasteiger partial charge in [-0.3, -0.25) is 4.90 Å². The van der Waals surface area contributed by atoms with Crippen LogP contribution in [0.3, 0.4) is 0 Å². The first-order valence-electron chi connectivity index (χ1n) is 6.16. The SMILES string of the molecule is OCC[C@@H](c1ccccc1O)N1CCNCC1. The zero-order valence-electron chi connectivity index (χ0n) is 9.97. The van der Waals surface area contributed by atoms with E-state index in [9.17, 15) is 10.2 Å². The predicted octanol–water partition coefficient (Wildman–Crippen LogP) is 0.721. The van der Waals surface area contributed by atoms with Crippen molar-refractivity contribution in [1.82, 2.24) is 10.2 Å². The molecule has 3 N–H and O–H groups in total. The van der Waals surface area contributed by atoms with Gasteiger partial charge in [-0.1, -0.05) is 18.2 Å². The molecule has 0 unspecified atom stereocenters. The third kappa shape index (κ3) is 2.97. The maximum atomic E-state index is 9.91. The lowest BCUT2D eigenvalue weighted by molar-refractivity contribution is 0.139. The Morgan fingerprint density at radius 1 is 1.24 bits per heavy atom. The summed E-state index contributed by atoms with van der Waals surface area (Å²) >= 11 is 0. The van der Waals surface area contributed by atoms with Crippen LogP contribution in [-0.2, 0) is 0 Å². The smallest absolute Gasteiger partial charge is 0.120 e. The molecule has 1 aliphatic heterocycles. The number of aliphatic hydroxyl groups is 1. The van der Waals surface area contributed by atoms with E-state index in [4.69, 9.17) is 0 Å². The standard InChI is InChI=1S/C13H20N2O2/c16-10-5-12(15-8-6-14-7-9-15)11-3-1-2-4-13(11)17/h1-4,12,14,16-17H,5-10H2/t12-/m0/s1. The van der Waals surface area contributed by atoms with E-state index >= 15 is 0 Å². The molecule has 1 aromatic carbocycles. The zero-order chi connectivity index (χ0) is 12.1. The Bertz CT molecular complexity index is 351. The van der Waals surface area contributed by atoms with Crippen LogP contribution in [0.15, 0.2) is 24.3 Å². The minimum atomic E-state index is 0.114. The number of hydrogen-bond donors (Lipinski definition) is 3. The van der Waals surface area contributed by atoms with Crippen LogP contribution in [0.2, 0.25) is 0 Å². The third-order valence-electron chi connectivity index (χ3n) is 3.29. The Hall–Kier alpha value is -1.10. The predicted molar refractivity (Wildman–Crippen MR) is 67.0 cm³/mol. The minimum absolute atomic E-state index is 0.114. The second kappa shape index (κ2) is 6.00. The van der Waals surface area contributed by atoms with E-state index < -0.39 is 0 Å². The van der Waals surface area contributed by atoms with Gasteiger partial charge in [-0.15, -0.1) is 0 Å². The van der Waals surface area contributed by atoms with Crippen LogP contribution in [0.4, 0.5) is 0 Å². The molecule has 4 nitrogen and oxygen atoms in total. The molecule has 0 amide bonds. The highest BCUT2D eigenvalue weighted by molar-refractivity contribution is 5.34. The fourth-order valence-electron chi connectivity index (χ4n) is 2.42. The van der Waals surface area contributed by atoms with Crippen molar-refractivity contribution in [3.8, 4) is 5.75 Å². The summed E-state index contributed by atoms with van der Waals surface area (Å²) in [6.45, 7) is 3.99. The molecule has 0 bridgehead atoms. The largest absolute Gasteiger partial charge is 0.508 e. The van der Waals surface area contributed by atoms with Gasteiger partial charge in [0.2, 0.25) is 0 Å². The molecule has 1 saturated heterocycles. The number of hydrogen-bond acceptors (Lipinski definition) is 4. The molecule has 1 atom stereocenters. The summed E-state index contributed by atoms with van der Waals surface area (Å²) in [6, 6.07) is 7.52. The molecule has 17 heavy (non-hydrogen) atoms. The molecule has 0 spiro atoms. The molecular formula is C13H20N2O2. The van der Waals surface area contributed by atoms with Crippen LogP contribution in [0.5, 0.6) is 5.75 Å². The minimum Gasteiger partial charge on any atom is -0.508 e. The molecule has 1 heterocycles. The van der Waals surface area contributed by atoms with Gasteiger partial charge < -0.3 is 15.5 Å². The lowest BCUT2D eigenvalue weighted by Gasteiger charge is -2.35. The van der Waals surface area contributed by atoms with Gasteiger partial charge in [-0.25, -0.2) is 0 Å². The highest BCUT2D eigenvalue weighted by Crippen LogP contribution is 2.30. The normalized spacial score (nSPS) is 19.1. The van der Waals surface area contributed by atoms with Crippen molar-refractivity contribution in [2.75, 3.05) is 32.8 Å². The van der Waals surface area contributed by atoms with Gasteiger partial charge in [0.05, 0.1) is 0 Å².